The van der Waals surface area contributed by atoms with Crippen molar-refractivity contribution >= 4 is 16.9 Å². The number of nitrogens with one attached hydrogen (secondary N) is 3. The predicted molar refractivity (Wildman–Crippen MR) is 101 cm³/mol. The van der Waals surface area contributed by atoms with Crippen LogP contribution in [0.5, 0.6) is 5.75 Å². The van der Waals surface area contributed by atoms with Crippen molar-refractivity contribution in [2.75, 3.05) is 6.61 Å². The fraction of sp³-hybridized carbons (Fsp3) is 0.300. The number of hydrogen-bond donors (Lipinski definition) is 3. The number of fused-ring (bicyclic) bond motifs is 1. The lowest BCUT2D eigenvalue weighted by Gasteiger charge is -2.20. The van der Waals surface area contributed by atoms with E-state index in [1.165, 1.54) is 6.07 Å². The number of aromatic amines is 2. The zero-order chi connectivity index (χ0) is 19.6. The number of rotatable bonds is 5. The molecule has 0 aliphatic carbocycles. The Balaban J connectivity index is 1.54. The van der Waals surface area contributed by atoms with Crippen LogP contribution in [-0.4, -0.2) is 22.5 Å². The number of carbonyl (C=O) groups excluding carboxylic acids is 1. The van der Waals surface area contributed by atoms with Gasteiger partial charge < -0.3 is 20.0 Å². The van der Waals surface area contributed by atoms with Gasteiger partial charge in [0.15, 0.2) is 6.61 Å². The summed E-state index contributed by atoms with van der Waals surface area (Å²) in [5.41, 5.74) is 2.25. The van der Waals surface area contributed by atoms with Gasteiger partial charge in [0.25, 0.3) is 5.91 Å². The van der Waals surface area contributed by atoms with Crippen molar-refractivity contribution in [3.63, 3.8) is 0 Å². The number of ether oxygens (including phenoxy) is 1. The summed E-state index contributed by atoms with van der Waals surface area (Å²) in [5.74, 6) is -0.367. The van der Waals surface area contributed by atoms with Crippen molar-refractivity contribution in [3.05, 3.63) is 63.8 Å². The third-order valence-electron chi connectivity index (χ3n) is 4.19. The number of halogens is 1. The van der Waals surface area contributed by atoms with Gasteiger partial charge in [-0.2, -0.15) is 0 Å². The molecule has 142 valence electrons. The normalized spacial score (nSPS) is 11.6. The summed E-state index contributed by atoms with van der Waals surface area (Å²) in [4.78, 5) is 28.6. The number of imidazole rings is 1. The quantitative estimate of drug-likeness (QED) is 0.644. The fourth-order valence-electron chi connectivity index (χ4n) is 2.78. The summed E-state index contributed by atoms with van der Waals surface area (Å²) in [6.07, 6.45) is 0. The molecule has 1 amide bonds. The van der Waals surface area contributed by atoms with E-state index >= 15 is 0 Å². The number of benzene rings is 2. The van der Waals surface area contributed by atoms with Gasteiger partial charge in [-0.15, -0.1) is 0 Å². The SMILES string of the molecule is CC(C)(C)c1ccc(OCC(=O)NCc2ccc3[nH]c(=O)[nH]c3c2)cc1F. The molecule has 3 aromatic rings. The monoisotopic (exact) mass is 371 g/mol. The molecule has 0 aliphatic rings. The van der Waals surface area contributed by atoms with Gasteiger partial charge in [0.1, 0.15) is 11.6 Å². The van der Waals surface area contributed by atoms with Gasteiger partial charge in [0.2, 0.25) is 0 Å². The van der Waals surface area contributed by atoms with Gasteiger partial charge in [-0.25, -0.2) is 9.18 Å². The van der Waals surface area contributed by atoms with E-state index in [1.807, 2.05) is 26.8 Å². The third kappa shape index (κ3) is 4.55. The summed E-state index contributed by atoms with van der Waals surface area (Å²) in [7, 11) is 0. The van der Waals surface area contributed by atoms with Crippen LogP contribution in [0.4, 0.5) is 4.39 Å². The van der Waals surface area contributed by atoms with Crippen LogP contribution in [0.15, 0.2) is 41.2 Å². The smallest absolute Gasteiger partial charge is 0.323 e. The van der Waals surface area contributed by atoms with E-state index in [0.717, 1.165) is 5.56 Å². The summed E-state index contributed by atoms with van der Waals surface area (Å²) in [6.45, 7) is 5.87. The van der Waals surface area contributed by atoms with Crippen molar-refractivity contribution in [3.8, 4) is 5.75 Å². The lowest BCUT2D eigenvalue weighted by molar-refractivity contribution is -0.123. The van der Waals surface area contributed by atoms with Crippen LogP contribution in [0, 0.1) is 5.82 Å². The van der Waals surface area contributed by atoms with Gasteiger partial charge in [-0.1, -0.05) is 32.9 Å². The first-order chi connectivity index (χ1) is 12.7. The Morgan fingerprint density at radius 2 is 1.85 bits per heavy atom. The molecule has 3 N–H and O–H groups in total. The van der Waals surface area contributed by atoms with Crippen molar-refractivity contribution in [2.45, 2.75) is 32.7 Å². The molecule has 0 radical (unpaired) electrons. The lowest BCUT2D eigenvalue weighted by atomic mass is 9.87. The molecule has 0 aliphatic heterocycles. The molecule has 3 rings (SSSR count). The minimum atomic E-state index is -0.353. The number of aromatic nitrogens is 2. The molecular weight excluding hydrogens is 349 g/mol. The van der Waals surface area contributed by atoms with E-state index in [1.54, 1.807) is 24.3 Å². The van der Waals surface area contributed by atoms with Crippen molar-refractivity contribution in [1.82, 2.24) is 15.3 Å². The first-order valence-electron chi connectivity index (χ1n) is 8.63. The van der Waals surface area contributed by atoms with Crippen LogP contribution in [-0.2, 0) is 16.8 Å². The molecule has 0 atom stereocenters. The van der Waals surface area contributed by atoms with Gasteiger partial charge in [-0.05, 0) is 34.7 Å². The minimum absolute atomic E-state index is 0.211. The van der Waals surface area contributed by atoms with E-state index in [9.17, 15) is 14.0 Å². The number of hydrogen-bond acceptors (Lipinski definition) is 3. The van der Waals surface area contributed by atoms with Gasteiger partial charge in [0, 0.05) is 12.6 Å². The van der Waals surface area contributed by atoms with Crippen molar-refractivity contribution in [1.29, 1.82) is 0 Å². The van der Waals surface area contributed by atoms with E-state index in [0.29, 0.717) is 28.9 Å². The molecule has 0 spiro atoms. The standard InChI is InChI=1S/C20H22FN3O3/c1-20(2,3)14-6-5-13(9-15(14)21)27-11-18(25)22-10-12-4-7-16-17(8-12)24-19(26)23-16/h4-9H,10-11H2,1-3H3,(H,22,25)(H2,23,24,26). The molecule has 27 heavy (non-hydrogen) atoms. The highest BCUT2D eigenvalue weighted by atomic mass is 19.1. The number of H-pyrrole nitrogens is 2. The number of amides is 1. The second kappa shape index (κ2) is 7.26. The fourth-order valence-corrected chi connectivity index (χ4v) is 2.78. The average molecular weight is 371 g/mol. The Morgan fingerprint density at radius 3 is 2.56 bits per heavy atom. The van der Waals surface area contributed by atoms with Crippen LogP contribution in [0.3, 0.4) is 0 Å². The second-order valence-electron chi connectivity index (χ2n) is 7.42. The molecule has 1 heterocycles. The first kappa shape index (κ1) is 18.7. The second-order valence-corrected chi connectivity index (χ2v) is 7.42. The minimum Gasteiger partial charge on any atom is -0.484 e. The van der Waals surface area contributed by atoms with Crippen LogP contribution in [0.25, 0.3) is 11.0 Å². The molecule has 7 heteroatoms. The molecule has 6 nitrogen and oxygen atoms in total. The Labute approximate surface area is 155 Å². The largest absolute Gasteiger partial charge is 0.484 e. The molecular formula is C20H22FN3O3. The van der Waals surface area contributed by atoms with E-state index < -0.39 is 0 Å². The van der Waals surface area contributed by atoms with Gasteiger partial charge in [0.05, 0.1) is 11.0 Å². The molecule has 2 aromatic carbocycles. The Kier molecular flexibility index (Phi) is 5.03. The maximum Gasteiger partial charge on any atom is 0.323 e. The molecule has 1 aromatic heterocycles. The maximum absolute atomic E-state index is 14.2. The summed E-state index contributed by atoms with van der Waals surface area (Å²) in [6, 6.07) is 10.0. The molecule has 0 unspecified atom stereocenters. The first-order valence-corrected chi connectivity index (χ1v) is 8.63. The third-order valence-corrected chi connectivity index (χ3v) is 4.19. The predicted octanol–water partition coefficient (Wildman–Crippen LogP) is 2.99. The summed E-state index contributed by atoms with van der Waals surface area (Å²) < 4.78 is 19.5. The summed E-state index contributed by atoms with van der Waals surface area (Å²) in [5, 5.41) is 2.73. The summed E-state index contributed by atoms with van der Waals surface area (Å²) >= 11 is 0. The van der Waals surface area contributed by atoms with Crippen LogP contribution < -0.4 is 15.7 Å². The molecule has 0 fully saturated rings. The number of carbonyl (C=O) groups is 1. The van der Waals surface area contributed by atoms with E-state index in [2.05, 4.69) is 15.3 Å². The Hall–Kier alpha value is -3.09. The average Bonchev–Trinajstić information content (AvgIpc) is 2.96. The van der Waals surface area contributed by atoms with E-state index in [4.69, 9.17) is 4.74 Å². The van der Waals surface area contributed by atoms with Gasteiger partial charge >= 0.3 is 5.69 Å². The van der Waals surface area contributed by atoms with Gasteiger partial charge in [-0.3, -0.25) is 4.79 Å². The zero-order valence-corrected chi connectivity index (χ0v) is 15.5. The maximum atomic E-state index is 14.2. The van der Waals surface area contributed by atoms with Crippen LogP contribution in [0.1, 0.15) is 31.9 Å². The molecule has 0 saturated carbocycles. The Morgan fingerprint density at radius 1 is 1.11 bits per heavy atom. The highest BCUT2D eigenvalue weighted by Crippen LogP contribution is 2.27. The highest BCUT2D eigenvalue weighted by molar-refractivity contribution is 5.78. The Bertz CT molecular complexity index is 1030. The molecule has 0 bridgehead atoms. The lowest BCUT2D eigenvalue weighted by Crippen LogP contribution is -2.28. The van der Waals surface area contributed by atoms with Crippen LogP contribution >= 0.6 is 0 Å². The topological polar surface area (TPSA) is 87.0 Å². The van der Waals surface area contributed by atoms with Crippen molar-refractivity contribution < 1.29 is 13.9 Å². The van der Waals surface area contributed by atoms with Crippen LogP contribution in [0.2, 0.25) is 0 Å². The zero-order valence-electron chi connectivity index (χ0n) is 15.5. The van der Waals surface area contributed by atoms with E-state index in [-0.39, 0.29) is 29.4 Å². The van der Waals surface area contributed by atoms with Crippen molar-refractivity contribution in [2.24, 2.45) is 0 Å². The molecule has 0 saturated heterocycles. The highest BCUT2D eigenvalue weighted by Gasteiger charge is 2.18.